The first-order chi connectivity index (χ1) is 10.2. The maximum absolute atomic E-state index is 5.95. The minimum Gasteiger partial charge on any atom is -0.370 e. The quantitative estimate of drug-likeness (QED) is 0.446. The van der Waals surface area contributed by atoms with Gasteiger partial charge in [0.2, 0.25) is 0 Å². The van der Waals surface area contributed by atoms with Crippen LogP contribution in [0, 0.1) is 0 Å². The van der Waals surface area contributed by atoms with Gasteiger partial charge in [0.25, 0.3) is 0 Å². The van der Waals surface area contributed by atoms with E-state index in [-0.39, 0.29) is 24.0 Å². The van der Waals surface area contributed by atoms with Gasteiger partial charge in [0.1, 0.15) is 11.4 Å². The number of thiophene rings is 1. The van der Waals surface area contributed by atoms with Crippen molar-refractivity contribution in [3.63, 3.8) is 0 Å². The summed E-state index contributed by atoms with van der Waals surface area (Å²) in [7, 11) is 0. The molecule has 0 aliphatic carbocycles. The second-order valence-electron chi connectivity index (χ2n) is 5.13. The van der Waals surface area contributed by atoms with Gasteiger partial charge in [0.05, 0.1) is 13.2 Å². The van der Waals surface area contributed by atoms with Crippen LogP contribution >= 0.6 is 35.3 Å². The van der Waals surface area contributed by atoms with Crippen molar-refractivity contribution in [2.24, 2.45) is 10.7 Å². The predicted octanol–water partition coefficient (Wildman–Crippen LogP) is 2.98. The first-order valence-electron chi connectivity index (χ1n) is 6.86. The summed E-state index contributed by atoms with van der Waals surface area (Å²) in [4.78, 5) is 9.96. The molecule has 1 aliphatic rings. The number of guanidine groups is 1. The van der Waals surface area contributed by atoms with Crippen LogP contribution in [0.2, 0.25) is 0 Å². The molecule has 0 saturated heterocycles. The van der Waals surface area contributed by atoms with Crippen LogP contribution in [0.25, 0.3) is 0 Å². The van der Waals surface area contributed by atoms with E-state index in [0.717, 1.165) is 13.0 Å². The second kappa shape index (κ2) is 7.38. The van der Waals surface area contributed by atoms with E-state index in [2.05, 4.69) is 33.7 Å². The third-order valence-electron chi connectivity index (χ3n) is 3.54. The summed E-state index contributed by atoms with van der Waals surface area (Å²) in [5.41, 5.74) is 6.75. The highest BCUT2D eigenvalue weighted by Gasteiger charge is 2.33. The monoisotopic (exact) mass is 430 g/mol. The van der Waals surface area contributed by atoms with E-state index in [1.807, 2.05) is 18.2 Å². The summed E-state index contributed by atoms with van der Waals surface area (Å²) < 4.78 is 5.95. The maximum Gasteiger partial charge on any atom is 0.194 e. The highest BCUT2D eigenvalue weighted by Crippen LogP contribution is 2.36. The lowest BCUT2D eigenvalue weighted by Gasteiger charge is -2.33. The van der Waals surface area contributed by atoms with E-state index < -0.39 is 5.60 Å². The SMILES string of the molecule is CC1(CN=C(N)Nc2ccccn2)OCCc2sccc21.I. The Balaban J connectivity index is 0.00000176. The first-order valence-corrected chi connectivity index (χ1v) is 7.74. The number of rotatable bonds is 3. The molecule has 1 atom stereocenters. The molecule has 1 aliphatic heterocycles. The molecule has 3 rings (SSSR count). The van der Waals surface area contributed by atoms with Gasteiger partial charge in [0.15, 0.2) is 5.96 Å². The smallest absolute Gasteiger partial charge is 0.194 e. The van der Waals surface area contributed by atoms with Gasteiger partial charge in [0, 0.05) is 17.5 Å². The Hall–Kier alpha value is -1.19. The Kier molecular flexibility index (Phi) is 5.76. The van der Waals surface area contributed by atoms with Gasteiger partial charge in [-0.25, -0.2) is 9.98 Å². The Labute approximate surface area is 151 Å². The molecule has 118 valence electrons. The van der Waals surface area contributed by atoms with Crippen LogP contribution in [-0.2, 0) is 16.8 Å². The molecular weight excluding hydrogens is 411 g/mol. The molecule has 0 amide bonds. The molecule has 22 heavy (non-hydrogen) atoms. The lowest BCUT2D eigenvalue weighted by atomic mass is 9.93. The molecule has 2 aromatic heterocycles. The number of halogens is 1. The van der Waals surface area contributed by atoms with E-state index in [1.54, 1.807) is 17.5 Å². The zero-order valence-electron chi connectivity index (χ0n) is 12.3. The summed E-state index contributed by atoms with van der Waals surface area (Å²) in [5.74, 6) is 1.03. The van der Waals surface area contributed by atoms with E-state index in [0.29, 0.717) is 18.3 Å². The van der Waals surface area contributed by atoms with Gasteiger partial charge in [-0.05, 0) is 36.1 Å². The fourth-order valence-corrected chi connectivity index (χ4v) is 3.41. The van der Waals surface area contributed by atoms with Crippen LogP contribution in [0.5, 0.6) is 0 Å². The molecule has 1 unspecified atom stereocenters. The second-order valence-corrected chi connectivity index (χ2v) is 6.13. The number of hydrogen-bond acceptors (Lipinski definition) is 4. The van der Waals surface area contributed by atoms with E-state index in [9.17, 15) is 0 Å². The van der Waals surface area contributed by atoms with Gasteiger partial charge < -0.3 is 15.8 Å². The molecule has 7 heteroatoms. The molecule has 3 heterocycles. The lowest BCUT2D eigenvalue weighted by Crippen LogP contribution is -2.36. The Morgan fingerprint density at radius 2 is 2.36 bits per heavy atom. The van der Waals surface area contributed by atoms with Crippen LogP contribution in [0.4, 0.5) is 5.82 Å². The number of aliphatic imine (C=N–C) groups is 1. The van der Waals surface area contributed by atoms with Crippen molar-refractivity contribution in [1.29, 1.82) is 0 Å². The number of aromatic nitrogens is 1. The average molecular weight is 430 g/mol. The topological polar surface area (TPSA) is 72.5 Å². The van der Waals surface area contributed by atoms with Gasteiger partial charge >= 0.3 is 0 Å². The van der Waals surface area contributed by atoms with Crippen LogP contribution in [0.15, 0.2) is 40.8 Å². The van der Waals surface area contributed by atoms with Crippen LogP contribution in [-0.4, -0.2) is 24.1 Å². The standard InChI is InChI=1S/C15H18N4OS.HI/c1-15(11-6-9-21-12(11)5-8-20-15)10-18-14(16)19-13-4-2-3-7-17-13;/h2-4,6-7,9H,5,8,10H2,1H3,(H3,16,17,18,19);1H. The number of nitrogens with two attached hydrogens (primary N) is 1. The fraction of sp³-hybridized carbons (Fsp3) is 0.333. The third-order valence-corrected chi connectivity index (χ3v) is 4.52. The van der Waals surface area contributed by atoms with Crippen LogP contribution in [0.3, 0.4) is 0 Å². The zero-order valence-corrected chi connectivity index (χ0v) is 15.4. The van der Waals surface area contributed by atoms with Gasteiger partial charge in [-0.15, -0.1) is 35.3 Å². The van der Waals surface area contributed by atoms with Gasteiger partial charge in [-0.1, -0.05) is 6.07 Å². The molecule has 0 aromatic carbocycles. The average Bonchev–Trinajstić information content (AvgIpc) is 2.97. The molecule has 0 saturated carbocycles. The summed E-state index contributed by atoms with van der Waals surface area (Å²) in [6.07, 6.45) is 2.69. The Morgan fingerprint density at radius 3 is 3.14 bits per heavy atom. The number of fused-ring (bicyclic) bond motifs is 1. The summed E-state index contributed by atoms with van der Waals surface area (Å²) in [6.45, 7) is 3.28. The van der Waals surface area contributed by atoms with Crippen molar-refractivity contribution < 1.29 is 4.74 Å². The van der Waals surface area contributed by atoms with Crippen molar-refractivity contribution in [3.05, 3.63) is 46.3 Å². The van der Waals surface area contributed by atoms with Crippen molar-refractivity contribution >= 4 is 47.1 Å². The molecule has 0 bridgehead atoms. The molecular formula is C15H19IN4OS. The van der Waals surface area contributed by atoms with Crippen molar-refractivity contribution in [1.82, 2.24) is 4.98 Å². The third kappa shape index (κ3) is 3.76. The summed E-state index contributed by atoms with van der Waals surface area (Å²) >= 11 is 1.78. The number of hydrogen-bond donors (Lipinski definition) is 2. The first kappa shape index (κ1) is 17.2. The number of pyridine rings is 1. The number of nitrogens with one attached hydrogen (secondary N) is 1. The highest BCUT2D eigenvalue weighted by atomic mass is 127. The number of nitrogens with zero attached hydrogens (tertiary/aromatic N) is 2. The Morgan fingerprint density at radius 1 is 1.50 bits per heavy atom. The predicted molar refractivity (Wildman–Crippen MR) is 101 cm³/mol. The van der Waals surface area contributed by atoms with Crippen LogP contribution in [0.1, 0.15) is 17.4 Å². The maximum atomic E-state index is 5.95. The molecule has 3 N–H and O–H groups in total. The highest BCUT2D eigenvalue weighted by molar-refractivity contribution is 14.0. The molecule has 0 spiro atoms. The number of anilines is 1. The van der Waals surface area contributed by atoms with Crippen molar-refractivity contribution in [3.8, 4) is 0 Å². The number of ether oxygens (including phenoxy) is 1. The van der Waals surface area contributed by atoms with Crippen LogP contribution < -0.4 is 11.1 Å². The fourth-order valence-electron chi connectivity index (χ4n) is 2.43. The van der Waals surface area contributed by atoms with E-state index >= 15 is 0 Å². The normalized spacial score (nSPS) is 20.9. The molecule has 2 aromatic rings. The van der Waals surface area contributed by atoms with Gasteiger partial charge in [-0.3, -0.25) is 0 Å². The molecule has 0 radical (unpaired) electrons. The van der Waals surface area contributed by atoms with Crippen molar-refractivity contribution in [2.75, 3.05) is 18.5 Å². The summed E-state index contributed by atoms with van der Waals surface area (Å²) in [6, 6.07) is 7.72. The molecule has 0 fully saturated rings. The largest absolute Gasteiger partial charge is 0.370 e. The summed E-state index contributed by atoms with van der Waals surface area (Å²) in [5, 5.41) is 5.09. The lowest BCUT2D eigenvalue weighted by molar-refractivity contribution is -0.0374. The van der Waals surface area contributed by atoms with E-state index in [1.165, 1.54) is 10.4 Å². The van der Waals surface area contributed by atoms with Crippen molar-refractivity contribution in [2.45, 2.75) is 18.9 Å². The molecule has 5 nitrogen and oxygen atoms in total. The minimum atomic E-state index is -0.399. The minimum absolute atomic E-state index is 0. The van der Waals surface area contributed by atoms with E-state index in [4.69, 9.17) is 10.5 Å². The van der Waals surface area contributed by atoms with Gasteiger partial charge in [-0.2, -0.15) is 0 Å². The Bertz CT molecular complexity index is 646. The zero-order chi connectivity index (χ0) is 14.7.